The summed E-state index contributed by atoms with van der Waals surface area (Å²) in [5.74, 6) is 0. The van der Waals surface area contributed by atoms with E-state index < -0.39 is 0 Å². The Kier molecular flexibility index (Phi) is 4.51. The first-order chi connectivity index (χ1) is 10.1. The van der Waals surface area contributed by atoms with Gasteiger partial charge in [-0.15, -0.1) is 0 Å². The largest absolute Gasteiger partial charge is 0.391 e. The topological polar surface area (TPSA) is 26.7 Å². The average Bonchev–Trinajstić information content (AvgIpc) is 2.50. The van der Waals surface area contributed by atoms with Gasteiger partial charge in [-0.25, -0.2) is 0 Å². The first kappa shape index (κ1) is 14.9. The van der Waals surface area contributed by atoms with Gasteiger partial charge in [0.15, 0.2) is 0 Å². The van der Waals surface area contributed by atoms with Crippen molar-refractivity contribution in [3.63, 3.8) is 0 Å². The van der Waals surface area contributed by atoms with Crippen molar-refractivity contribution < 1.29 is 5.11 Å². The smallest absolute Gasteiger partial charge is 0.0695 e. The summed E-state index contributed by atoms with van der Waals surface area (Å²) in [6, 6.07) is 7.12. The van der Waals surface area contributed by atoms with Crippen LogP contribution in [0.4, 0.5) is 5.69 Å². The van der Waals surface area contributed by atoms with E-state index in [2.05, 4.69) is 41.8 Å². The molecule has 3 rings (SSSR count). The van der Waals surface area contributed by atoms with Crippen LogP contribution in [0.1, 0.15) is 36.8 Å². The number of hydrogen-bond acceptors (Lipinski definition) is 3. The maximum Gasteiger partial charge on any atom is 0.0695 e. The van der Waals surface area contributed by atoms with Crippen LogP contribution in [0.15, 0.2) is 18.2 Å². The molecule has 2 aliphatic rings. The van der Waals surface area contributed by atoms with Gasteiger partial charge in [0.1, 0.15) is 0 Å². The van der Waals surface area contributed by atoms with Crippen LogP contribution in [0, 0.1) is 13.8 Å². The highest BCUT2D eigenvalue weighted by atomic mass is 16.3. The van der Waals surface area contributed by atoms with Gasteiger partial charge < -0.3 is 10.0 Å². The maximum absolute atomic E-state index is 10.2. The number of rotatable bonds is 2. The Bertz CT molecular complexity index is 480. The Morgan fingerprint density at radius 2 is 1.71 bits per heavy atom. The van der Waals surface area contributed by atoms with Crippen LogP contribution < -0.4 is 4.90 Å². The van der Waals surface area contributed by atoms with Crippen LogP contribution in [0.5, 0.6) is 0 Å². The predicted molar refractivity (Wildman–Crippen MR) is 88.0 cm³/mol. The number of benzene rings is 1. The molecule has 1 saturated heterocycles. The molecule has 1 aromatic carbocycles. The molecule has 0 radical (unpaired) electrons. The van der Waals surface area contributed by atoms with Gasteiger partial charge in [-0.2, -0.15) is 0 Å². The molecule has 1 aliphatic carbocycles. The Hall–Kier alpha value is -1.06. The Morgan fingerprint density at radius 3 is 2.43 bits per heavy atom. The SMILES string of the molecule is Cc1ccc(C)c(N2CCN(C3CCCCC3O)CC2)c1. The van der Waals surface area contributed by atoms with E-state index in [9.17, 15) is 5.11 Å². The second kappa shape index (κ2) is 6.37. The van der Waals surface area contributed by atoms with Gasteiger partial charge in [0.25, 0.3) is 0 Å². The van der Waals surface area contributed by atoms with Crippen LogP contribution >= 0.6 is 0 Å². The number of piperazine rings is 1. The molecular weight excluding hydrogens is 260 g/mol. The lowest BCUT2D eigenvalue weighted by Gasteiger charge is -2.43. The van der Waals surface area contributed by atoms with E-state index >= 15 is 0 Å². The minimum atomic E-state index is -0.106. The quantitative estimate of drug-likeness (QED) is 0.906. The van der Waals surface area contributed by atoms with Crippen molar-refractivity contribution in [2.24, 2.45) is 0 Å². The molecular formula is C18H28N2O. The lowest BCUT2D eigenvalue weighted by molar-refractivity contribution is 0.0173. The molecule has 0 aromatic heterocycles. The van der Waals surface area contributed by atoms with Crippen molar-refractivity contribution in [3.05, 3.63) is 29.3 Å². The molecule has 0 spiro atoms. The first-order valence-corrected chi connectivity index (χ1v) is 8.39. The van der Waals surface area contributed by atoms with E-state index in [4.69, 9.17) is 0 Å². The fourth-order valence-electron chi connectivity index (χ4n) is 3.87. The Morgan fingerprint density at radius 1 is 1.00 bits per heavy atom. The third kappa shape index (κ3) is 3.24. The van der Waals surface area contributed by atoms with Gasteiger partial charge in [-0.05, 0) is 43.9 Å². The van der Waals surface area contributed by atoms with Crippen molar-refractivity contribution >= 4 is 5.69 Å². The van der Waals surface area contributed by atoms with E-state index in [1.165, 1.54) is 36.1 Å². The predicted octanol–water partition coefficient (Wildman–Crippen LogP) is 2.73. The second-order valence-electron chi connectivity index (χ2n) is 6.73. The molecule has 21 heavy (non-hydrogen) atoms. The maximum atomic E-state index is 10.2. The Labute approximate surface area is 128 Å². The summed E-state index contributed by atoms with van der Waals surface area (Å²) in [7, 11) is 0. The average molecular weight is 288 g/mol. The number of nitrogens with zero attached hydrogens (tertiary/aromatic N) is 2. The van der Waals surface area contributed by atoms with Gasteiger partial charge in [-0.1, -0.05) is 25.0 Å². The number of anilines is 1. The molecule has 0 amide bonds. The minimum Gasteiger partial charge on any atom is -0.391 e. The van der Waals surface area contributed by atoms with E-state index in [0.717, 1.165) is 32.6 Å². The zero-order chi connectivity index (χ0) is 14.8. The molecule has 2 atom stereocenters. The van der Waals surface area contributed by atoms with Crippen LogP contribution in [-0.2, 0) is 0 Å². The molecule has 116 valence electrons. The molecule has 3 heteroatoms. The highest BCUT2D eigenvalue weighted by Gasteiger charge is 2.31. The Balaban J connectivity index is 1.63. The highest BCUT2D eigenvalue weighted by molar-refractivity contribution is 5.55. The monoisotopic (exact) mass is 288 g/mol. The number of hydrogen-bond donors (Lipinski definition) is 1. The molecule has 0 bridgehead atoms. The van der Waals surface area contributed by atoms with E-state index in [0.29, 0.717) is 6.04 Å². The minimum absolute atomic E-state index is 0.106. The van der Waals surface area contributed by atoms with Crippen molar-refractivity contribution in [1.29, 1.82) is 0 Å². The molecule has 3 nitrogen and oxygen atoms in total. The summed E-state index contributed by atoms with van der Waals surface area (Å²) in [5, 5.41) is 10.2. The second-order valence-corrected chi connectivity index (χ2v) is 6.73. The summed E-state index contributed by atoms with van der Waals surface area (Å²) >= 11 is 0. The van der Waals surface area contributed by atoms with Gasteiger partial charge >= 0.3 is 0 Å². The molecule has 1 aromatic rings. The van der Waals surface area contributed by atoms with Crippen LogP contribution in [0.3, 0.4) is 0 Å². The standard InChI is InChI=1S/C18H28N2O/c1-14-7-8-15(2)17(13-14)20-11-9-19(10-12-20)16-5-3-4-6-18(16)21/h7-8,13,16,18,21H,3-6,9-12H2,1-2H3. The normalized spacial score (nSPS) is 27.9. The highest BCUT2D eigenvalue weighted by Crippen LogP contribution is 2.27. The van der Waals surface area contributed by atoms with E-state index in [1.807, 2.05) is 0 Å². The molecule has 1 N–H and O–H groups in total. The number of aliphatic hydroxyl groups excluding tert-OH is 1. The zero-order valence-corrected chi connectivity index (χ0v) is 13.4. The van der Waals surface area contributed by atoms with Crippen molar-refractivity contribution in [2.75, 3.05) is 31.1 Å². The molecule has 1 saturated carbocycles. The van der Waals surface area contributed by atoms with E-state index in [1.54, 1.807) is 0 Å². The summed E-state index contributed by atoms with van der Waals surface area (Å²) in [5.41, 5.74) is 4.09. The lowest BCUT2D eigenvalue weighted by Crippen LogP contribution is -2.54. The summed E-state index contributed by atoms with van der Waals surface area (Å²) in [6.45, 7) is 8.68. The van der Waals surface area contributed by atoms with Crippen molar-refractivity contribution in [2.45, 2.75) is 51.7 Å². The summed E-state index contributed by atoms with van der Waals surface area (Å²) < 4.78 is 0. The molecule has 1 heterocycles. The van der Waals surface area contributed by atoms with Gasteiger partial charge in [-0.3, -0.25) is 4.90 Å². The summed E-state index contributed by atoms with van der Waals surface area (Å²) in [6.07, 6.45) is 4.52. The molecule has 1 aliphatic heterocycles. The van der Waals surface area contributed by atoms with Crippen LogP contribution in [-0.4, -0.2) is 48.3 Å². The third-order valence-corrected chi connectivity index (χ3v) is 5.18. The molecule has 2 fully saturated rings. The number of aliphatic hydroxyl groups is 1. The summed E-state index contributed by atoms with van der Waals surface area (Å²) in [4.78, 5) is 5.03. The fourth-order valence-corrected chi connectivity index (χ4v) is 3.87. The van der Waals surface area contributed by atoms with Crippen LogP contribution in [0.2, 0.25) is 0 Å². The van der Waals surface area contributed by atoms with Gasteiger partial charge in [0.2, 0.25) is 0 Å². The van der Waals surface area contributed by atoms with Crippen molar-refractivity contribution in [3.8, 4) is 0 Å². The molecule has 2 unspecified atom stereocenters. The number of aryl methyl sites for hydroxylation is 2. The third-order valence-electron chi connectivity index (χ3n) is 5.18. The van der Waals surface area contributed by atoms with Crippen LogP contribution in [0.25, 0.3) is 0 Å². The van der Waals surface area contributed by atoms with Gasteiger partial charge in [0.05, 0.1) is 6.10 Å². The lowest BCUT2D eigenvalue weighted by atomic mass is 9.91. The fraction of sp³-hybridized carbons (Fsp3) is 0.667. The van der Waals surface area contributed by atoms with Crippen molar-refractivity contribution in [1.82, 2.24) is 4.90 Å². The first-order valence-electron chi connectivity index (χ1n) is 8.39. The van der Waals surface area contributed by atoms with Gasteiger partial charge in [0, 0.05) is 37.9 Å². The zero-order valence-electron chi connectivity index (χ0n) is 13.4. The van der Waals surface area contributed by atoms with E-state index in [-0.39, 0.29) is 6.10 Å².